The number of hydrogen-bond donors (Lipinski definition) is 0. The van der Waals surface area contributed by atoms with Crippen LogP contribution < -0.4 is 4.74 Å². The Kier molecular flexibility index (Phi) is 7.40. The largest absolute Gasteiger partial charge is 0.498 e. The maximum atomic E-state index is 14.8. The van der Waals surface area contributed by atoms with Crippen LogP contribution in [0.2, 0.25) is 0 Å². The van der Waals surface area contributed by atoms with Gasteiger partial charge in [0.25, 0.3) is 0 Å². The van der Waals surface area contributed by atoms with E-state index in [0.717, 1.165) is 31.4 Å². The van der Waals surface area contributed by atoms with Gasteiger partial charge in [-0.25, -0.2) is 13.2 Å². The van der Waals surface area contributed by atoms with E-state index in [1.165, 1.54) is 24.3 Å². The lowest BCUT2D eigenvalue weighted by atomic mass is 9.91. The first-order valence-electron chi connectivity index (χ1n) is 10.4. The van der Waals surface area contributed by atoms with Gasteiger partial charge in [-0.2, -0.15) is 4.39 Å². The summed E-state index contributed by atoms with van der Waals surface area (Å²) in [5.74, 6) is -4.45. The van der Waals surface area contributed by atoms with E-state index in [2.05, 4.69) is 6.92 Å². The monoisotopic (exact) mass is 422 g/mol. The molecule has 0 radical (unpaired) electrons. The molecule has 1 unspecified atom stereocenters. The predicted octanol–water partition coefficient (Wildman–Crippen LogP) is 7.28. The Morgan fingerprint density at radius 1 is 0.900 bits per heavy atom. The fourth-order valence-corrected chi connectivity index (χ4v) is 3.64. The van der Waals surface area contributed by atoms with E-state index in [1.54, 1.807) is 6.92 Å². The van der Waals surface area contributed by atoms with Crippen molar-refractivity contribution in [1.29, 1.82) is 0 Å². The van der Waals surface area contributed by atoms with Crippen molar-refractivity contribution in [3.63, 3.8) is 0 Å². The zero-order valence-electron chi connectivity index (χ0n) is 17.2. The van der Waals surface area contributed by atoms with Crippen molar-refractivity contribution in [1.82, 2.24) is 0 Å². The molecule has 2 aromatic carbocycles. The minimum Gasteiger partial charge on any atom is -0.498 e. The molecule has 0 saturated carbocycles. The number of benzene rings is 2. The molecule has 0 saturated heterocycles. The quantitative estimate of drug-likeness (QED) is 0.329. The summed E-state index contributed by atoms with van der Waals surface area (Å²) in [6.45, 7) is 4.18. The molecule has 0 N–H and O–H groups in total. The van der Waals surface area contributed by atoms with Crippen LogP contribution in [0.25, 0.3) is 11.1 Å². The van der Waals surface area contributed by atoms with Gasteiger partial charge in [-0.15, -0.1) is 0 Å². The van der Waals surface area contributed by atoms with Crippen LogP contribution in [0.15, 0.2) is 36.1 Å². The smallest absolute Gasteiger partial charge is 0.201 e. The Balaban J connectivity index is 1.83. The fraction of sp³-hybridized carbons (Fsp3) is 0.417. The summed E-state index contributed by atoms with van der Waals surface area (Å²) in [5.41, 5.74) is -0.507. The van der Waals surface area contributed by atoms with Gasteiger partial charge < -0.3 is 9.47 Å². The van der Waals surface area contributed by atoms with Crippen molar-refractivity contribution in [3.8, 4) is 16.9 Å². The molecular formula is C24H26F4O2. The van der Waals surface area contributed by atoms with E-state index < -0.39 is 23.3 Å². The lowest BCUT2D eigenvalue weighted by Gasteiger charge is -2.24. The zero-order valence-corrected chi connectivity index (χ0v) is 17.2. The lowest BCUT2D eigenvalue weighted by molar-refractivity contribution is 0.163. The molecule has 1 heterocycles. The Morgan fingerprint density at radius 3 is 2.23 bits per heavy atom. The summed E-state index contributed by atoms with van der Waals surface area (Å²) in [6.07, 6.45) is 6.59. The van der Waals surface area contributed by atoms with E-state index in [9.17, 15) is 17.6 Å². The Hall–Kier alpha value is -2.50. The number of allylic oxidation sites excluding steroid dienone is 2. The molecule has 162 valence electrons. The van der Waals surface area contributed by atoms with E-state index >= 15 is 0 Å². The molecule has 2 nitrogen and oxygen atoms in total. The number of halogens is 4. The lowest BCUT2D eigenvalue weighted by Crippen LogP contribution is -2.15. The van der Waals surface area contributed by atoms with Crippen molar-refractivity contribution in [3.05, 3.63) is 64.9 Å². The molecule has 1 aliphatic rings. The first-order chi connectivity index (χ1) is 14.5. The van der Waals surface area contributed by atoms with Crippen molar-refractivity contribution in [2.45, 2.75) is 51.9 Å². The third-order valence-electron chi connectivity index (χ3n) is 5.32. The molecule has 0 aromatic heterocycles. The molecular weight excluding hydrogens is 396 g/mol. The summed E-state index contributed by atoms with van der Waals surface area (Å²) < 4.78 is 68.9. The third kappa shape index (κ3) is 4.63. The van der Waals surface area contributed by atoms with Crippen LogP contribution in [0, 0.1) is 23.3 Å². The summed E-state index contributed by atoms with van der Waals surface area (Å²) in [7, 11) is 0. The molecule has 0 bridgehead atoms. The highest BCUT2D eigenvalue weighted by Crippen LogP contribution is 2.36. The van der Waals surface area contributed by atoms with E-state index in [-0.39, 0.29) is 41.6 Å². The number of hydrogen-bond acceptors (Lipinski definition) is 2. The summed E-state index contributed by atoms with van der Waals surface area (Å²) >= 11 is 0. The van der Waals surface area contributed by atoms with Crippen LogP contribution in [-0.4, -0.2) is 13.2 Å². The van der Waals surface area contributed by atoms with Crippen LogP contribution in [-0.2, 0) is 4.74 Å². The van der Waals surface area contributed by atoms with E-state index in [4.69, 9.17) is 9.47 Å². The Bertz CT molecular complexity index is 924. The van der Waals surface area contributed by atoms with Crippen LogP contribution in [0.1, 0.15) is 57.4 Å². The van der Waals surface area contributed by atoms with Gasteiger partial charge in [0.1, 0.15) is 0 Å². The Labute approximate surface area is 174 Å². The highest BCUT2D eigenvalue weighted by atomic mass is 19.2. The average molecular weight is 422 g/mol. The normalized spacial score (nSPS) is 16.2. The van der Waals surface area contributed by atoms with Crippen LogP contribution in [0.5, 0.6) is 5.75 Å². The van der Waals surface area contributed by atoms with Crippen molar-refractivity contribution in [2.75, 3.05) is 13.2 Å². The van der Waals surface area contributed by atoms with Crippen molar-refractivity contribution in [2.24, 2.45) is 0 Å². The van der Waals surface area contributed by atoms with E-state index in [0.29, 0.717) is 6.42 Å². The average Bonchev–Trinajstić information content (AvgIpc) is 2.75. The maximum absolute atomic E-state index is 14.8. The number of unbranched alkanes of at least 4 members (excludes halogenated alkanes) is 2. The minimum absolute atomic E-state index is 0.158. The van der Waals surface area contributed by atoms with Crippen LogP contribution in [0.4, 0.5) is 17.6 Å². The molecule has 0 spiro atoms. The molecule has 1 aliphatic heterocycles. The van der Waals surface area contributed by atoms with Crippen LogP contribution in [0.3, 0.4) is 0 Å². The first-order valence-corrected chi connectivity index (χ1v) is 10.4. The highest BCUT2D eigenvalue weighted by molar-refractivity contribution is 5.66. The van der Waals surface area contributed by atoms with Crippen molar-refractivity contribution < 1.29 is 27.0 Å². The minimum atomic E-state index is -1.27. The van der Waals surface area contributed by atoms with Gasteiger partial charge in [-0.1, -0.05) is 31.9 Å². The maximum Gasteiger partial charge on any atom is 0.201 e. The standard InChI is InChI=1S/C24H26F4O2/c1-3-5-6-7-16-9-8-15(14-30-16)17-10-11-18(22(26)21(17)25)19-12-13-20(29-4-2)24(28)23(19)27/h9-13,15H,3-8,14H2,1-2H3. The van der Waals surface area contributed by atoms with E-state index in [1.807, 2.05) is 6.08 Å². The number of rotatable bonds is 8. The molecule has 3 rings (SSSR count). The van der Waals surface area contributed by atoms with Gasteiger partial charge in [0.05, 0.1) is 19.0 Å². The SMILES string of the molecule is CCCCCC1=CCC(c2ccc(-c3ccc(OCC)c(F)c3F)c(F)c2F)CO1. The fourth-order valence-electron chi connectivity index (χ4n) is 3.64. The molecule has 0 amide bonds. The molecule has 6 heteroatoms. The van der Waals surface area contributed by atoms with Gasteiger partial charge in [-0.3, -0.25) is 0 Å². The van der Waals surface area contributed by atoms with Gasteiger partial charge in [0.15, 0.2) is 23.2 Å². The predicted molar refractivity (Wildman–Crippen MR) is 108 cm³/mol. The third-order valence-corrected chi connectivity index (χ3v) is 5.32. The molecule has 2 aromatic rings. The molecule has 30 heavy (non-hydrogen) atoms. The zero-order chi connectivity index (χ0) is 21.7. The Morgan fingerprint density at radius 2 is 1.60 bits per heavy atom. The summed E-state index contributed by atoms with van der Waals surface area (Å²) in [4.78, 5) is 0. The topological polar surface area (TPSA) is 18.5 Å². The van der Waals surface area contributed by atoms with Gasteiger partial charge in [-0.05, 0) is 43.5 Å². The second kappa shape index (κ2) is 10.0. The number of ether oxygens (including phenoxy) is 2. The molecule has 0 aliphatic carbocycles. The van der Waals surface area contributed by atoms with Gasteiger partial charge in [0.2, 0.25) is 5.82 Å². The first kappa shape index (κ1) is 22.2. The van der Waals surface area contributed by atoms with Crippen molar-refractivity contribution >= 4 is 0 Å². The second-order valence-corrected chi connectivity index (χ2v) is 7.37. The van der Waals surface area contributed by atoms with Gasteiger partial charge >= 0.3 is 0 Å². The summed E-state index contributed by atoms with van der Waals surface area (Å²) in [5, 5.41) is 0. The second-order valence-electron chi connectivity index (χ2n) is 7.37. The van der Waals surface area contributed by atoms with Crippen LogP contribution >= 0.6 is 0 Å². The summed E-state index contributed by atoms with van der Waals surface area (Å²) in [6, 6.07) is 5.11. The van der Waals surface area contributed by atoms with Gasteiger partial charge in [0, 0.05) is 23.5 Å². The molecule has 0 fully saturated rings. The highest BCUT2D eigenvalue weighted by Gasteiger charge is 2.26. The molecule has 1 atom stereocenters.